The minimum atomic E-state index is -3.80. The van der Waals surface area contributed by atoms with Crippen molar-refractivity contribution in [2.24, 2.45) is 11.1 Å². The third-order valence-electron chi connectivity index (χ3n) is 3.69. The van der Waals surface area contributed by atoms with Gasteiger partial charge in [-0.15, -0.1) is 0 Å². The van der Waals surface area contributed by atoms with E-state index in [-0.39, 0.29) is 10.8 Å². The van der Waals surface area contributed by atoms with Crippen LogP contribution in [0.15, 0.2) is 23.1 Å². The van der Waals surface area contributed by atoms with Crippen molar-refractivity contribution in [3.05, 3.63) is 29.3 Å². The molecule has 2 N–H and O–H groups in total. The Bertz CT molecular complexity index is 625. The molecule has 1 aromatic carbocycles. The van der Waals surface area contributed by atoms with Crippen LogP contribution in [0.25, 0.3) is 0 Å². The molecule has 0 aliphatic carbocycles. The number of hydrogen-bond donors (Lipinski definition) is 1. The van der Waals surface area contributed by atoms with Crippen LogP contribution >= 0.6 is 0 Å². The molecule has 0 aromatic heterocycles. The lowest BCUT2D eigenvalue weighted by molar-refractivity contribution is 0.0683. The second-order valence-corrected chi connectivity index (χ2v) is 7.05. The Morgan fingerprint density at radius 1 is 1.40 bits per heavy atom. The monoisotopic (exact) mass is 296 g/mol. The van der Waals surface area contributed by atoms with Gasteiger partial charge in [-0.05, 0) is 43.4 Å². The zero-order valence-corrected chi connectivity index (χ0v) is 12.6. The van der Waals surface area contributed by atoms with Gasteiger partial charge in [0.15, 0.2) is 0 Å². The third kappa shape index (κ3) is 3.19. The summed E-state index contributed by atoms with van der Waals surface area (Å²) in [5.41, 5.74) is 0.935. The Morgan fingerprint density at radius 3 is 2.70 bits per heavy atom. The topological polar surface area (TPSA) is 80.5 Å². The number of rotatable bonds is 2. The Kier molecular flexibility index (Phi) is 4.15. The van der Waals surface area contributed by atoms with Crippen LogP contribution in [0.4, 0.5) is 0 Å². The molecule has 1 aliphatic rings. The molecular formula is C14H20N2O3S. The first-order chi connectivity index (χ1) is 9.29. The van der Waals surface area contributed by atoms with Gasteiger partial charge in [0, 0.05) is 18.7 Å². The number of sulfonamides is 1. The SMILES string of the molecule is Cc1ccc(C(=O)N2CCCC(C)C2)cc1S(N)(=O)=O. The molecule has 1 atom stereocenters. The average Bonchev–Trinajstić information content (AvgIpc) is 2.37. The van der Waals surface area contributed by atoms with E-state index in [9.17, 15) is 13.2 Å². The van der Waals surface area contributed by atoms with E-state index >= 15 is 0 Å². The molecule has 6 heteroatoms. The zero-order chi connectivity index (χ0) is 14.9. The lowest BCUT2D eigenvalue weighted by Gasteiger charge is -2.31. The minimum Gasteiger partial charge on any atom is -0.338 e. The Morgan fingerprint density at radius 2 is 2.10 bits per heavy atom. The number of benzene rings is 1. The molecule has 0 saturated carbocycles. The first-order valence-corrected chi connectivity index (χ1v) is 8.26. The molecule has 1 amide bonds. The van der Waals surface area contributed by atoms with Crippen LogP contribution in [0, 0.1) is 12.8 Å². The highest BCUT2D eigenvalue weighted by Gasteiger charge is 2.23. The van der Waals surface area contributed by atoms with Crippen molar-refractivity contribution in [2.75, 3.05) is 13.1 Å². The van der Waals surface area contributed by atoms with Gasteiger partial charge in [-0.3, -0.25) is 4.79 Å². The fourth-order valence-electron chi connectivity index (χ4n) is 2.60. The number of primary sulfonamides is 1. The number of aryl methyl sites for hydroxylation is 1. The van der Waals surface area contributed by atoms with Crippen LogP contribution in [0.3, 0.4) is 0 Å². The summed E-state index contributed by atoms with van der Waals surface area (Å²) in [7, 11) is -3.80. The van der Waals surface area contributed by atoms with E-state index in [0.29, 0.717) is 17.0 Å². The van der Waals surface area contributed by atoms with E-state index in [4.69, 9.17) is 5.14 Å². The highest BCUT2D eigenvalue weighted by molar-refractivity contribution is 7.89. The molecule has 2 rings (SSSR count). The highest BCUT2D eigenvalue weighted by atomic mass is 32.2. The number of hydrogen-bond acceptors (Lipinski definition) is 3. The smallest absolute Gasteiger partial charge is 0.253 e. The van der Waals surface area contributed by atoms with Crippen molar-refractivity contribution in [1.82, 2.24) is 4.90 Å². The standard InChI is InChI=1S/C14H20N2O3S/c1-10-4-3-7-16(9-10)14(17)12-6-5-11(2)13(8-12)20(15,18)19/h5-6,8,10H,3-4,7,9H2,1-2H3,(H2,15,18,19). The summed E-state index contributed by atoms with van der Waals surface area (Å²) in [6.45, 7) is 5.22. The van der Waals surface area contributed by atoms with Gasteiger partial charge < -0.3 is 4.90 Å². The molecule has 110 valence electrons. The number of carbonyl (C=O) groups excluding carboxylic acids is 1. The van der Waals surface area contributed by atoms with Gasteiger partial charge in [0.05, 0.1) is 4.90 Å². The molecule has 0 bridgehead atoms. The van der Waals surface area contributed by atoms with Crippen LogP contribution in [0.2, 0.25) is 0 Å². The maximum Gasteiger partial charge on any atom is 0.253 e. The number of nitrogens with zero attached hydrogens (tertiary/aromatic N) is 1. The number of amides is 1. The molecule has 1 aromatic rings. The third-order valence-corrected chi connectivity index (χ3v) is 4.74. The second-order valence-electron chi connectivity index (χ2n) is 5.52. The van der Waals surface area contributed by atoms with Crippen molar-refractivity contribution in [1.29, 1.82) is 0 Å². The van der Waals surface area contributed by atoms with Gasteiger partial charge >= 0.3 is 0 Å². The molecule has 20 heavy (non-hydrogen) atoms. The van der Waals surface area contributed by atoms with Gasteiger partial charge in [0.2, 0.25) is 10.0 Å². The summed E-state index contributed by atoms with van der Waals surface area (Å²) < 4.78 is 23.0. The van der Waals surface area contributed by atoms with Gasteiger partial charge in [-0.2, -0.15) is 0 Å². The summed E-state index contributed by atoms with van der Waals surface area (Å²) in [4.78, 5) is 14.2. The van der Waals surface area contributed by atoms with Crippen molar-refractivity contribution >= 4 is 15.9 Å². The average molecular weight is 296 g/mol. The molecule has 1 fully saturated rings. The summed E-state index contributed by atoms with van der Waals surface area (Å²) in [6.07, 6.45) is 2.11. The minimum absolute atomic E-state index is 0.0217. The molecule has 0 radical (unpaired) electrons. The number of likely N-dealkylation sites (tertiary alicyclic amines) is 1. The maximum absolute atomic E-state index is 12.4. The fourth-order valence-corrected chi connectivity index (χ4v) is 3.40. The summed E-state index contributed by atoms with van der Waals surface area (Å²) >= 11 is 0. The predicted octanol–water partition coefficient (Wildman–Crippen LogP) is 1.51. The van der Waals surface area contributed by atoms with Gasteiger partial charge in [-0.1, -0.05) is 13.0 Å². The maximum atomic E-state index is 12.4. The van der Waals surface area contributed by atoms with Gasteiger partial charge in [-0.25, -0.2) is 13.6 Å². The fraction of sp³-hybridized carbons (Fsp3) is 0.500. The van der Waals surface area contributed by atoms with Crippen molar-refractivity contribution in [2.45, 2.75) is 31.6 Å². The number of carbonyl (C=O) groups is 1. The van der Waals surface area contributed by atoms with Gasteiger partial charge in [0.1, 0.15) is 0 Å². The van der Waals surface area contributed by atoms with E-state index in [1.165, 1.54) is 6.07 Å². The van der Waals surface area contributed by atoms with Crippen LogP contribution in [0.5, 0.6) is 0 Å². The largest absolute Gasteiger partial charge is 0.338 e. The molecule has 1 heterocycles. The Hall–Kier alpha value is -1.40. The summed E-state index contributed by atoms with van der Waals surface area (Å²) in [6, 6.07) is 4.66. The Balaban J connectivity index is 2.31. The lowest BCUT2D eigenvalue weighted by Crippen LogP contribution is -2.39. The van der Waals surface area contributed by atoms with Crippen molar-refractivity contribution < 1.29 is 13.2 Å². The van der Waals surface area contributed by atoms with Crippen LogP contribution in [0.1, 0.15) is 35.7 Å². The van der Waals surface area contributed by atoms with Crippen LogP contribution < -0.4 is 5.14 Å². The first kappa shape index (κ1) is 15.0. The Labute approximate surface area is 119 Å². The van der Waals surface area contributed by atoms with Crippen molar-refractivity contribution in [3.8, 4) is 0 Å². The summed E-state index contributed by atoms with van der Waals surface area (Å²) in [5, 5.41) is 5.17. The quantitative estimate of drug-likeness (QED) is 0.898. The molecule has 1 saturated heterocycles. The molecule has 1 aliphatic heterocycles. The molecular weight excluding hydrogens is 276 g/mol. The number of piperidine rings is 1. The van der Waals surface area contributed by atoms with E-state index in [0.717, 1.165) is 25.9 Å². The first-order valence-electron chi connectivity index (χ1n) is 6.72. The zero-order valence-electron chi connectivity index (χ0n) is 11.8. The van der Waals surface area contributed by atoms with E-state index in [1.54, 1.807) is 24.0 Å². The predicted molar refractivity (Wildman–Crippen MR) is 76.9 cm³/mol. The molecule has 0 spiro atoms. The number of nitrogens with two attached hydrogens (primary N) is 1. The molecule has 5 nitrogen and oxygen atoms in total. The van der Waals surface area contributed by atoms with E-state index < -0.39 is 10.0 Å². The molecule has 1 unspecified atom stereocenters. The van der Waals surface area contributed by atoms with E-state index in [1.807, 2.05) is 0 Å². The normalized spacial score (nSPS) is 19.9. The van der Waals surface area contributed by atoms with E-state index in [2.05, 4.69) is 6.92 Å². The van der Waals surface area contributed by atoms with Crippen molar-refractivity contribution in [3.63, 3.8) is 0 Å². The highest BCUT2D eigenvalue weighted by Crippen LogP contribution is 2.20. The lowest BCUT2D eigenvalue weighted by atomic mass is 9.99. The van der Waals surface area contributed by atoms with Crippen LogP contribution in [-0.4, -0.2) is 32.3 Å². The summed E-state index contributed by atoms with van der Waals surface area (Å²) in [5.74, 6) is 0.359. The van der Waals surface area contributed by atoms with Gasteiger partial charge in [0.25, 0.3) is 5.91 Å². The van der Waals surface area contributed by atoms with Crippen LogP contribution in [-0.2, 0) is 10.0 Å². The second kappa shape index (κ2) is 5.54.